The Morgan fingerprint density at radius 1 is 0.854 bits per heavy atom. The number of halogens is 1. The maximum atomic E-state index is 13.5. The summed E-state index contributed by atoms with van der Waals surface area (Å²) in [5.41, 5.74) is 4.21. The highest BCUT2D eigenvalue weighted by Gasteiger charge is 2.49. The van der Waals surface area contributed by atoms with Crippen molar-refractivity contribution < 1.29 is 44.6 Å². The number of amides is 1. The lowest BCUT2D eigenvalue weighted by Gasteiger charge is -2.48. The van der Waals surface area contributed by atoms with Crippen molar-refractivity contribution in [1.29, 1.82) is 0 Å². The summed E-state index contributed by atoms with van der Waals surface area (Å²) < 4.78 is 18.9. The van der Waals surface area contributed by atoms with Gasteiger partial charge in [0.05, 0.1) is 24.7 Å². The largest absolute Gasteiger partial charge is 0.508 e. The Hall–Kier alpha value is -4.42. The van der Waals surface area contributed by atoms with E-state index in [-0.39, 0.29) is 18.1 Å². The molecule has 2 aliphatic heterocycles. The van der Waals surface area contributed by atoms with Crippen LogP contribution in [0.3, 0.4) is 0 Å². The van der Waals surface area contributed by atoms with Crippen molar-refractivity contribution >= 4 is 17.7 Å². The second-order valence-corrected chi connectivity index (χ2v) is 12.3. The Morgan fingerprint density at radius 3 is 2.21 bits per heavy atom. The number of aromatic hydroxyl groups is 1. The monoisotopic (exact) mass is 655 g/mol. The van der Waals surface area contributed by atoms with Crippen molar-refractivity contribution in [2.24, 2.45) is 5.92 Å². The zero-order chi connectivity index (χ0) is 33.9. The van der Waals surface area contributed by atoms with Gasteiger partial charge in [-0.05, 0) is 65.4 Å². The van der Waals surface area contributed by atoms with E-state index in [4.69, 9.17) is 4.74 Å². The Kier molecular flexibility index (Phi) is 10.0. The number of hydrogen-bond acceptors (Lipinski definition) is 8. The third kappa shape index (κ3) is 6.77. The van der Waals surface area contributed by atoms with Crippen LogP contribution in [0, 0.1) is 11.7 Å². The average molecular weight is 656 g/mol. The minimum absolute atomic E-state index is 0.0293. The van der Waals surface area contributed by atoms with Gasteiger partial charge in [-0.3, -0.25) is 4.79 Å². The number of nitrogens with zero attached hydrogens (tertiary/aromatic N) is 1. The first-order valence-electron chi connectivity index (χ1n) is 15.9. The third-order valence-electron chi connectivity index (χ3n) is 9.25. The molecule has 10 heteroatoms. The molecule has 0 aromatic heterocycles. The van der Waals surface area contributed by atoms with Crippen LogP contribution in [-0.4, -0.2) is 73.7 Å². The van der Waals surface area contributed by atoms with Crippen LogP contribution in [0.2, 0.25) is 0 Å². The molecule has 4 aromatic carbocycles. The molecule has 0 spiro atoms. The van der Waals surface area contributed by atoms with E-state index in [0.717, 1.165) is 16.7 Å². The number of phenolic OH excluding ortho intramolecular Hbond substituents is 1. The van der Waals surface area contributed by atoms with Crippen molar-refractivity contribution in [2.45, 2.75) is 55.5 Å². The average Bonchev–Trinajstić information content (AvgIpc) is 3.10. The van der Waals surface area contributed by atoms with Gasteiger partial charge in [-0.15, -0.1) is 0 Å². The Labute approximate surface area is 277 Å². The van der Waals surface area contributed by atoms with Crippen LogP contribution in [0.1, 0.15) is 41.7 Å². The van der Waals surface area contributed by atoms with Gasteiger partial charge >= 0.3 is 0 Å². The highest BCUT2D eigenvalue weighted by atomic mass is 19.1. The van der Waals surface area contributed by atoms with Crippen molar-refractivity contribution in [3.8, 4) is 16.9 Å². The number of aliphatic hydroxyl groups excluding tert-OH is 5. The number of ether oxygens (including phenoxy) is 1. The van der Waals surface area contributed by atoms with Crippen molar-refractivity contribution in [2.75, 3.05) is 11.5 Å². The molecule has 1 amide bonds. The summed E-state index contributed by atoms with van der Waals surface area (Å²) in [6.07, 6.45) is -3.09. The molecule has 48 heavy (non-hydrogen) atoms. The smallest absolute Gasteiger partial charge is 0.233 e. The molecule has 9 nitrogen and oxygen atoms in total. The molecular weight excluding hydrogens is 617 g/mol. The van der Waals surface area contributed by atoms with Crippen LogP contribution >= 0.6 is 0 Å². The van der Waals surface area contributed by atoms with E-state index in [0.29, 0.717) is 23.2 Å². The first-order chi connectivity index (χ1) is 23.2. The number of hydrogen-bond donors (Lipinski definition) is 6. The summed E-state index contributed by atoms with van der Waals surface area (Å²) in [7, 11) is 0. The van der Waals surface area contributed by atoms with E-state index >= 15 is 0 Å². The molecule has 2 heterocycles. The van der Waals surface area contributed by atoms with E-state index in [2.05, 4.69) is 0 Å². The highest BCUT2D eigenvalue weighted by Crippen LogP contribution is 2.49. The molecule has 6 rings (SSSR count). The maximum absolute atomic E-state index is 13.5. The fourth-order valence-corrected chi connectivity index (χ4v) is 6.51. The molecule has 2 saturated heterocycles. The van der Waals surface area contributed by atoms with Crippen molar-refractivity contribution in [3.05, 3.63) is 126 Å². The van der Waals surface area contributed by atoms with Gasteiger partial charge in [0.25, 0.3) is 0 Å². The van der Waals surface area contributed by atoms with Gasteiger partial charge < -0.3 is 40.3 Å². The third-order valence-corrected chi connectivity index (χ3v) is 9.25. The van der Waals surface area contributed by atoms with E-state index in [1.54, 1.807) is 23.1 Å². The molecule has 0 bridgehead atoms. The van der Waals surface area contributed by atoms with Gasteiger partial charge in [-0.1, -0.05) is 78.9 Å². The van der Waals surface area contributed by atoms with Gasteiger partial charge in [-0.25, -0.2) is 4.39 Å². The van der Waals surface area contributed by atoms with E-state index in [9.17, 15) is 39.8 Å². The van der Waals surface area contributed by atoms with Crippen LogP contribution in [0.25, 0.3) is 17.2 Å². The molecule has 0 saturated carbocycles. The molecule has 0 radical (unpaired) electrons. The number of β-lactam (4-membered cyclic amide) rings is 1. The minimum Gasteiger partial charge on any atom is -0.508 e. The second kappa shape index (κ2) is 14.4. The van der Waals surface area contributed by atoms with Crippen LogP contribution in [-0.2, 0) is 9.53 Å². The first kappa shape index (κ1) is 33.5. The minimum atomic E-state index is -1.45. The summed E-state index contributed by atoms with van der Waals surface area (Å²) in [6, 6.07) is 27.2. The van der Waals surface area contributed by atoms with E-state index in [1.807, 2.05) is 66.7 Å². The van der Waals surface area contributed by atoms with Gasteiger partial charge in [0.1, 0.15) is 42.1 Å². The number of carbonyl (C=O) groups excluding carboxylic acids is 1. The zero-order valence-electron chi connectivity index (χ0n) is 26.0. The van der Waals surface area contributed by atoms with Crippen LogP contribution in [0.5, 0.6) is 5.75 Å². The van der Waals surface area contributed by atoms with Crippen molar-refractivity contribution in [3.63, 3.8) is 0 Å². The SMILES string of the molecule is O=C1[C@H](CC[C@H](O)c2ccc(F)cc2)[C@@H](c2ccc(-c3ccc(C=C[C@@H]4O[C@H](CO)[C@@H](O)[C@H](O)[C@H]4O)cc3)cc2O)N1c1ccccc1. The molecule has 0 aliphatic carbocycles. The quantitative estimate of drug-likeness (QED) is 0.139. The van der Waals surface area contributed by atoms with Gasteiger partial charge in [0.2, 0.25) is 5.91 Å². The number of carbonyl (C=O) groups is 1. The zero-order valence-corrected chi connectivity index (χ0v) is 26.0. The standard InChI is InChI=1S/C38H38FNO8/c39-26-14-11-24(12-15-26)30(42)18-17-29-34(40(38(29)47)27-4-2-1-3-5-27)28-16-13-25(20-31(28)43)23-9-6-22(7-10-23)8-19-32-35(44)37(46)36(45)33(21-41)48-32/h1-16,19-20,29-30,32-37,41-46H,17-18,21H2/t29-,30+,32+,33-,34-,35+,36-,37-/m1/s1. The molecule has 0 unspecified atom stereocenters. The number of aliphatic hydroxyl groups is 5. The normalized spacial score (nSPS) is 26.4. The van der Waals surface area contributed by atoms with E-state index < -0.39 is 61.0 Å². The molecule has 4 aromatic rings. The second-order valence-electron chi connectivity index (χ2n) is 12.3. The highest BCUT2D eigenvalue weighted by molar-refractivity contribution is 6.03. The predicted octanol–water partition coefficient (Wildman–Crippen LogP) is 4.27. The molecule has 250 valence electrons. The number of anilines is 1. The lowest BCUT2D eigenvalue weighted by molar-refractivity contribution is -0.216. The van der Waals surface area contributed by atoms with Crippen LogP contribution in [0.4, 0.5) is 10.1 Å². The Bertz CT molecular complexity index is 1730. The first-order valence-corrected chi connectivity index (χ1v) is 15.9. The fourth-order valence-electron chi connectivity index (χ4n) is 6.51. The Morgan fingerprint density at radius 2 is 1.54 bits per heavy atom. The van der Waals surface area contributed by atoms with Gasteiger partial charge in [0, 0.05) is 11.3 Å². The molecule has 2 aliphatic rings. The summed E-state index contributed by atoms with van der Waals surface area (Å²) in [4.78, 5) is 15.1. The Balaban J connectivity index is 1.18. The maximum Gasteiger partial charge on any atom is 0.233 e. The van der Waals surface area contributed by atoms with Gasteiger partial charge in [0.15, 0.2) is 0 Å². The lowest BCUT2D eigenvalue weighted by atomic mass is 9.77. The van der Waals surface area contributed by atoms with Crippen LogP contribution in [0.15, 0.2) is 103 Å². The van der Waals surface area contributed by atoms with Crippen molar-refractivity contribution in [1.82, 2.24) is 0 Å². The number of benzene rings is 4. The molecule has 2 fully saturated rings. The molecule has 8 atom stereocenters. The summed E-state index contributed by atoms with van der Waals surface area (Å²) >= 11 is 0. The number of para-hydroxylation sites is 1. The lowest BCUT2D eigenvalue weighted by Crippen LogP contribution is -2.57. The molecular formula is C38H38FNO8. The number of rotatable bonds is 10. The summed E-state index contributed by atoms with van der Waals surface area (Å²) in [5.74, 6) is -0.945. The molecule has 6 N–H and O–H groups in total. The predicted molar refractivity (Wildman–Crippen MR) is 177 cm³/mol. The van der Waals surface area contributed by atoms with E-state index in [1.165, 1.54) is 24.3 Å². The number of phenols is 1. The summed E-state index contributed by atoms with van der Waals surface area (Å²) in [6.45, 7) is -0.502. The van der Waals surface area contributed by atoms with Crippen LogP contribution < -0.4 is 4.90 Å². The van der Waals surface area contributed by atoms with Gasteiger partial charge in [-0.2, -0.15) is 0 Å². The fraction of sp³-hybridized carbons (Fsp3) is 0.289. The summed E-state index contributed by atoms with van der Waals surface area (Å²) in [5, 5.41) is 61.8. The topological polar surface area (TPSA) is 151 Å².